The molecule has 2 atom stereocenters. The van der Waals surface area contributed by atoms with E-state index in [0.29, 0.717) is 57.4 Å². The van der Waals surface area contributed by atoms with Crippen molar-refractivity contribution in [3.05, 3.63) is 107 Å². The molecule has 292 valence electrons. The van der Waals surface area contributed by atoms with Crippen LogP contribution in [0.2, 0.25) is 0 Å². The Morgan fingerprint density at radius 3 is 2.25 bits per heavy atom. The maximum atomic E-state index is 13.7. The maximum absolute atomic E-state index is 13.7. The van der Waals surface area contributed by atoms with E-state index in [1.54, 1.807) is 6.20 Å². The number of anilines is 1. The number of rotatable bonds is 26. The van der Waals surface area contributed by atoms with Crippen molar-refractivity contribution in [2.24, 2.45) is 5.11 Å². The summed E-state index contributed by atoms with van der Waals surface area (Å²) in [7, 11) is 0. The van der Waals surface area contributed by atoms with E-state index in [9.17, 15) is 19.5 Å². The van der Waals surface area contributed by atoms with E-state index in [1.807, 2.05) is 79.7 Å². The van der Waals surface area contributed by atoms with E-state index in [0.717, 1.165) is 27.5 Å². The first kappa shape index (κ1) is 42.2. The minimum absolute atomic E-state index is 0.138. The van der Waals surface area contributed by atoms with Crippen LogP contribution in [0.25, 0.3) is 32.3 Å². The van der Waals surface area contributed by atoms with Gasteiger partial charge in [0.1, 0.15) is 11.9 Å². The molecular formula is C40H49N7O8. The monoisotopic (exact) mass is 755 g/mol. The molecule has 55 heavy (non-hydrogen) atoms. The number of hydrogen-bond donors (Lipinski definition) is 4. The second kappa shape index (κ2) is 24.0. The SMILES string of the molecule is Cc1ccnc(NCCCC(=O)N[C@@H](COCCOCCOCCOCCN=[N+]=[N-])C(=O)N[C@H](CC(=O)O)c2ccc(-c3cccc4ccccc34)cc2)c1. The Morgan fingerprint density at radius 2 is 1.55 bits per heavy atom. The number of benzene rings is 3. The number of aliphatic carboxylic acids is 1. The molecule has 0 fully saturated rings. The topological polar surface area (TPSA) is 206 Å². The number of aromatic nitrogens is 1. The van der Waals surface area contributed by atoms with Crippen molar-refractivity contribution >= 4 is 34.4 Å². The predicted octanol–water partition coefficient (Wildman–Crippen LogP) is 5.60. The van der Waals surface area contributed by atoms with Crippen molar-refractivity contribution in [2.45, 2.75) is 38.3 Å². The third-order valence-corrected chi connectivity index (χ3v) is 8.36. The highest BCUT2D eigenvalue weighted by atomic mass is 16.6. The number of fused-ring (bicyclic) bond motifs is 1. The quantitative estimate of drug-likeness (QED) is 0.0270. The lowest BCUT2D eigenvalue weighted by molar-refractivity contribution is -0.138. The van der Waals surface area contributed by atoms with Crippen LogP contribution >= 0.6 is 0 Å². The standard InChI is InChI=1S/C40H49N7O8/c1-29-15-17-43-37(26-29)42-16-5-10-38(48)45-36(28-55-25-24-54-23-22-53-21-20-52-19-18-44-47-41)40(51)46-35(27-39(49)50)32-13-11-31(12-14-32)34-9-4-7-30-6-2-3-8-33(30)34/h2-4,6-9,11-15,17,26,35-36H,5,10,16,18-25,27-28H2,1H3,(H,42,43)(H,45,48)(H,46,51)(H,49,50)/t35-,36+/m1/s1. The summed E-state index contributed by atoms with van der Waals surface area (Å²) in [6, 6.07) is 23.4. The number of amides is 2. The van der Waals surface area contributed by atoms with Crippen LogP contribution in [0.5, 0.6) is 0 Å². The Labute approximate surface area is 320 Å². The zero-order chi connectivity index (χ0) is 39.1. The Hall–Kier alpha value is -5.57. The van der Waals surface area contributed by atoms with Gasteiger partial charge in [-0.15, -0.1) is 0 Å². The van der Waals surface area contributed by atoms with Gasteiger partial charge in [-0.05, 0) is 64.0 Å². The minimum Gasteiger partial charge on any atom is -0.481 e. The fourth-order valence-corrected chi connectivity index (χ4v) is 5.63. The van der Waals surface area contributed by atoms with Gasteiger partial charge in [0.15, 0.2) is 0 Å². The number of nitrogens with one attached hydrogen (secondary N) is 3. The van der Waals surface area contributed by atoms with Gasteiger partial charge in [0.05, 0.1) is 65.3 Å². The van der Waals surface area contributed by atoms with Crippen molar-refractivity contribution in [3.63, 3.8) is 0 Å². The molecule has 4 aromatic rings. The number of hydrogen-bond acceptors (Lipinski definition) is 10. The molecule has 4 rings (SSSR count). The summed E-state index contributed by atoms with van der Waals surface area (Å²) >= 11 is 0. The maximum Gasteiger partial charge on any atom is 0.305 e. The van der Waals surface area contributed by atoms with Crippen LogP contribution < -0.4 is 16.0 Å². The van der Waals surface area contributed by atoms with Gasteiger partial charge in [0, 0.05) is 30.6 Å². The third kappa shape index (κ3) is 15.4. The molecule has 0 aliphatic heterocycles. The Morgan fingerprint density at radius 1 is 0.855 bits per heavy atom. The Balaban J connectivity index is 1.32. The first-order chi connectivity index (χ1) is 26.8. The van der Waals surface area contributed by atoms with Crippen LogP contribution in [-0.2, 0) is 33.3 Å². The van der Waals surface area contributed by atoms with Crippen molar-refractivity contribution in [1.29, 1.82) is 0 Å². The smallest absolute Gasteiger partial charge is 0.305 e. The van der Waals surface area contributed by atoms with Gasteiger partial charge in [0.2, 0.25) is 11.8 Å². The molecule has 1 heterocycles. The molecule has 0 bridgehead atoms. The summed E-state index contributed by atoms with van der Waals surface area (Å²) in [6.45, 7) is 4.63. The Bertz CT molecular complexity index is 1850. The second-order valence-electron chi connectivity index (χ2n) is 12.5. The van der Waals surface area contributed by atoms with Crippen LogP contribution in [0.4, 0.5) is 5.82 Å². The lowest BCUT2D eigenvalue weighted by Crippen LogP contribution is -2.50. The number of carbonyl (C=O) groups excluding carboxylic acids is 2. The summed E-state index contributed by atoms with van der Waals surface area (Å²) in [5.41, 5.74) is 11.9. The molecule has 1 aromatic heterocycles. The lowest BCUT2D eigenvalue weighted by Gasteiger charge is -2.23. The van der Waals surface area contributed by atoms with Crippen LogP contribution in [0, 0.1) is 6.92 Å². The second-order valence-corrected chi connectivity index (χ2v) is 12.5. The number of carboxylic acids is 1. The largest absolute Gasteiger partial charge is 0.481 e. The van der Waals surface area contributed by atoms with E-state index in [-0.39, 0.29) is 45.1 Å². The van der Waals surface area contributed by atoms with E-state index < -0.39 is 24.0 Å². The summed E-state index contributed by atoms with van der Waals surface area (Å²) in [4.78, 5) is 45.6. The number of ether oxygens (including phenoxy) is 4. The third-order valence-electron chi connectivity index (χ3n) is 8.36. The summed E-state index contributed by atoms with van der Waals surface area (Å²) in [5, 5.41) is 24.1. The van der Waals surface area contributed by atoms with E-state index >= 15 is 0 Å². The van der Waals surface area contributed by atoms with Crippen LogP contribution in [-0.4, -0.2) is 99.9 Å². The van der Waals surface area contributed by atoms with Crippen LogP contribution in [0.3, 0.4) is 0 Å². The molecule has 0 aliphatic rings. The van der Waals surface area contributed by atoms with Gasteiger partial charge in [-0.1, -0.05) is 71.8 Å². The summed E-state index contributed by atoms with van der Waals surface area (Å²) in [5.74, 6) is -1.31. The fourth-order valence-electron chi connectivity index (χ4n) is 5.63. The molecular weight excluding hydrogens is 706 g/mol. The molecule has 2 amide bonds. The van der Waals surface area contributed by atoms with Crippen LogP contribution in [0.1, 0.15) is 36.4 Å². The van der Waals surface area contributed by atoms with Crippen molar-refractivity contribution in [1.82, 2.24) is 15.6 Å². The highest BCUT2D eigenvalue weighted by Gasteiger charge is 2.26. The van der Waals surface area contributed by atoms with Gasteiger partial charge in [-0.25, -0.2) is 4.98 Å². The molecule has 0 radical (unpaired) electrons. The normalized spacial score (nSPS) is 12.0. The lowest BCUT2D eigenvalue weighted by atomic mass is 9.95. The first-order valence-electron chi connectivity index (χ1n) is 18.2. The summed E-state index contributed by atoms with van der Waals surface area (Å²) < 4.78 is 22.0. The van der Waals surface area contributed by atoms with Crippen LogP contribution in [0.15, 0.2) is 90.2 Å². The number of aryl methyl sites for hydroxylation is 1. The van der Waals surface area contributed by atoms with Crippen molar-refractivity contribution < 1.29 is 38.4 Å². The van der Waals surface area contributed by atoms with Crippen molar-refractivity contribution in [3.8, 4) is 11.1 Å². The number of pyridine rings is 1. The fraction of sp³-hybridized carbons (Fsp3) is 0.400. The molecule has 15 nitrogen and oxygen atoms in total. The molecule has 0 unspecified atom stereocenters. The van der Waals surface area contributed by atoms with E-state index in [2.05, 4.69) is 37.0 Å². The molecule has 4 N–H and O–H groups in total. The number of carbonyl (C=O) groups is 3. The zero-order valence-electron chi connectivity index (χ0n) is 31.0. The van der Waals surface area contributed by atoms with Gasteiger partial charge < -0.3 is 40.0 Å². The molecule has 0 saturated carbocycles. The number of carboxylic acid groups (broad SMARTS) is 1. The van der Waals surface area contributed by atoms with Gasteiger partial charge in [-0.2, -0.15) is 0 Å². The molecule has 0 saturated heterocycles. The Kier molecular flexibility index (Phi) is 18.4. The minimum atomic E-state index is -1.09. The first-order valence-corrected chi connectivity index (χ1v) is 18.2. The highest BCUT2D eigenvalue weighted by molar-refractivity contribution is 5.96. The van der Waals surface area contributed by atoms with Gasteiger partial charge >= 0.3 is 5.97 Å². The van der Waals surface area contributed by atoms with E-state index in [4.69, 9.17) is 24.5 Å². The average molecular weight is 756 g/mol. The molecule has 0 spiro atoms. The predicted molar refractivity (Wildman–Crippen MR) is 208 cm³/mol. The highest BCUT2D eigenvalue weighted by Crippen LogP contribution is 2.30. The van der Waals surface area contributed by atoms with Gasteiger partial charge in [0.25, 0.3) is 0 Å². The molecule has 3 aromatic carbocycles. The van der Waals surface area contributed by atoms with Gasteiger partial charge in [-0.3, -0.25) is 14.4 Å². The zero-order valence-corrected chi connectivity index (χ0v) is 31.0. The summed E-state index contributed by atoms with van der Waals surface area (Å²) in [6.07, 6.45) is 1.97. The van der Waals surface area contributed by atoms with Crippen molar-refractivity contribution in [2.75, 3.05) is 71.3 Å². The number of azide groups is 1. The number of nitrogens with zero attached hydrogens (tertiary/aromatic N) is 4. The molecule has 0 aliphatic carbocycles. The van der Waals surface area contributed by atoms with E-state index in [1.165, 1.54) is 0 Å². The molecule has 15 heteroatoms. The average Bonchev–Trinajstić information content (AvgIpc) is 3.18.